The van der Waals surface area contributed by atoms with Crippen LogP contribution >= 0.6 is 0 Å². The van der Waals surface area contributed by atoms with E-state index in [0.717, 1.165) is 22.0 Å². The highest BCUT2D eigenvalue weighted by molar-refractivity contribution is 7.92. The molecule has 240 valence electrons. The number of nitrogens with zero attached hydrogens (tertiary/aromatic N) is 2. The molecule has 1 N–H and O–H groups in total. The third kappa shape index (κ3) is 7.45. The first kappa shape index (κ1) is 32.4. The minimum Gasteiger partial charge on any atom is -0.486 e. The number of fused-ring (bicyclic) bond motifs is 1. The third-order valence-electron chi connectivity index (χ3n) is 7.42. The highest BCUT2D eigenvalue weighted by Crippen LogP contribution is 2.34. The summed E-state index contributed by atoms with van der Waals surface area (Å²) in [6.07, 6.45) is 0.0817. The van der Waals surface area contributed by atoms with E-state index in [1.54, 1.807) is 37.3 Å². The molecule has 0 fully saturated rings. The summed E-state index contributed by atoms with van der Waals surface area (Å²) in [5, 5.41) is 2.75. The first-order valence-corrected chi connectivity index (χ1v) is 16.1. The molecule has 1 atom stereocenters. The average molecular weight is 650 g/mol. The van der Waals surface area contributed by atoms with Gasteiger partial charge in [0, 0.05) is 31.1 Å². The lowest BCUT2D eigenvalue weighted by molar-refractivity contribution is -0.140. The van der Waals surface area contributed by atoms with Crippen molar-refractivity contribution >= 4 is 27.5 Å². The molecule has 1 aliphatic heterocycles. The predicted molar refractivity (Wildman–Crippen MR) is 168 cm³/mol. The third-order valence-corrected chi connectivity index (χ3v) is 9.19. The topological polar surface area (TPSA) is 105 Å². The van der Waals surface area contributed by atoms with Crippen LogP contribution < -0.4 is 19.1 Å². The standard InChI is InChI=1S/C34H33F2N3O6S/c1-2-37-34(41)30(20-24-8-4-3-5-9-24)38(22-25-10-6-7-11-29(25)36)33(40)23-39(27-14-12-26(35)13-15-27)46(42,43)28-16-17-31-32(21-28)45-19-18-44-31/h3-17,21,30H,2,18-20,22-23H2,1H3,(H,37,41)/t30-/m1/s1. The predicted octanol–water partition coefficient (Wildman–Crippen LogP) is 4.71. The fourth-order valence-electron chi connectivity index (χ4n) is 5.10. The van der Waals surface area contributed by atoms with Crippen LogP contribution in [0.25, 0.3) is 0 Å². The van der Waals surface area contributed by atoms with E-state index < -0.39 is 46.1 Å². The minimum absolute atomic E-state index is 0.00750. The number of anilines is 1. The van der Waals surface area contributed by atoms with Crippen LogP contribution in [0.5, 0.6) is 11.5 Å². The Kier molecular flexibility index (Phi) is 10.2. The van der Waals surface area contributed by atoms with Crippen molar-refractivity contribution in [3.05, 3.63) is 120 Å². The number of nitrogens with one attached hydrogen (secondary N) is 1. The maximum atomic E-state index is 15.0. The number of hydrogen-bond acceptors (Lipinski definition) is 6. The van der Waals surface area contributed by atoms with E-state index in [1.165, 1.54) is 53.4 Å². The molecule has 0 radical (unpaired) electrons. The number of carbonyl (C=O) groups is 2. The molecule has 0 bridgehead atoms. The van der Waals surface area contributed by atoms with Crippen molar-refractivity contribution in [1.82, 2.24) is 10.2 Å². The van der Waals surface area contributed by atoms with Gasteiger partial charge < -0.3 is 19.7 Å². The maximum absolute atomic E-state index is 15.0. The van der Waals surface area contributed by atoms with Crippen molar-refractivity contribution in [2.24, 2.45) is 0 Å². The van der Waals surface area contributed by atoms with Gasteiger partial charge in [-0.2, -0.15) is 0 Å². The van der Waals surface area contributed by atoms with Gasteiger partial charge in [0.15, 0.2) is 11.5 Å². The van der Waals surface area contributed by atoms with Gasteiger partial charge in [0.25, 0.3) is 10.0 Å². The van der Waals surface area contributed by atoms with E-state index >= 15 is 0 Å². The Morgan fingerprint density at radius 1 is 0.870 bits per heavy atom. The zero-order valence-corrected chi connectivity index (χ0v) is 25.9. The molecular formula is C34H33F2N3O6S. The van der Waals surface area contributed by atoms with E-state index in [-0.39, 0.29) is 48.0 Å². The second-order valence-electron chi connectivity index (χ2n) is 10.5. The molecule has 1 heterocycles. The Morgan fingerprint density at radius 2 is 1.54 bits per heavy atom. The zero-order chi connectivity index (χ0) is 32.7. The van der Waals surface area contributed by atoms with Crippen LogP contribution in [0.4, 0.5) is 14.5 Å². The number of sulfonamides is 1. The van der Waals surface area contributed by atoms with Gasteiger partial charge in [0.05, 0.1) is 10.6 Å². The van der Waals surface area contributed by atoms with Gasteiger partial charge in [0.1, 0.15) is 37.4 Å². The van der Waals surface area contributed by atoms with Crippen LogP contribution in [0.3, 0.4) is 0 Å². The van der Waals surface area contributed by atoms with Crippen molar-refractivity contribution < 1.29 is 36.3 Å². The van der Waals surface area contributed by atoms with Gasteiger partial charge >= 0.3 is 0 Å². The molecule has 0 saturated heterocycles. The molecule has 0 aromatic heterocycles. The smallest absolute Gasteiger partial charge is 0.264 e. The van der Waals surface area contributed by atoms with E-state index in [4.69, 9.17) is 9.47 Å². The lowest BCUT2D eigenvalue weighted by Gasteiger charge is -2.34. The fraction of sp³-hybridized carbons (Fsp3) is 0.235. The summed E-state index contributed by atoms with van der Waals surface area (Å²) in [4.78, 5) is 28.9. The highest BCUT2D eigenvalue weighted by Gasteiger charge is 2.35. The van der Waals surface area contributed by atoms with Crippen LogP contribution in [0.15, 0.2) is 102 Å². The lowest BCUT2D eigenvalue weighted by atomic mass is 10.0. The molecule has 9 nitrogen and oxygen atoms in total. The molecule has 0 spiro atoms. The van der Waals surface area contributed by atoms with Gasteiger partial charge in [0.2, 0.25) is 11.8 Å². The molecule has 0 saturated carbocycles. The zero-order valence-electron chi connectivity index (χ0n) is 25.1. The Balaban J connectivity index is 1.57. The number of ether oxygens (including phenoxy) is 2. The molecule has 46 heavy (non-hydrogen) atoms. The monoisotopic (exact) mass is 649 g/mol. The largest absolute Gasteiger partial charge is 0.486 e. The van der Waals surface area contributed by atoms with Crippen molar-refractivity contribution in [2.75, 3.05) is 30.6 Å². The van der Waals surface area contributed by atoms with Gasteiger partial charge in [-0.1, -0.05) is 48.5 Å². The number of carbonyl (C=O) groups excluding carboxylic acids is 2. The molecule has 4 aromatic rings. The molecule has 5 rings (SSSR count). The van der Waals surface area contributed by atoms with Crippen LogP contribution in [-0.4, -0.2) is 57.5 Å². The molecule has 1 aliphatic rings. The fourth-order valence-corrected chi connectivity index (χ4v) is 6.53. The molecule has 4 aromatic carbocycles. The number of amides is 2. The first-order valence-electron chi connectivity index (χ1n) is 14.7. The average Bonchev–Trinajstić information content (AvgIpc) is 3.06. The quantitative estimate of drug-likeness (QED) is 0.239. The molecule has 2 amide bonds. The Bertz CT molecular complexity index is 1790. The summed E-state index contributed by atoms with van der Waals surface area (Å²) in [6, 6.07) is 22.5. The van der Waals surface area contributed by atoms with Crippen LogP contribution in [0.1, 0.15) is 18.1 Å². The second kappa shape index (κ2) is 14.4. The van der Waals surface area contributed by atoms with Gasteiger partial charge in [-0.15, -0.1) is 0 Å². The maximum Gasteiger partial charge on any atom is 0.264 e. The first-order chi connectivity index (χ1) is 22.2. The van der Waals surface area contributed by atoms with Gasteiger partial charge in [-0.25, -0.2) is 17.2 Å². The van der Waals surface area contributed by atoms with Crippen LogP contribution in [0.2, 0.25) is 0 Å². The lowest BCUT2D eigenvalue weighted by Crippen LogP contribution is -2.53. The number of hydrogen-bond donors (Lipinski definition) is 1. The highest BCUT2D eigenvalue weighted by atomic mass is 32.2. The number of halogens is 2. The second-order valence-corrected chi connectivity index (χ2v) is 12.4. The van der Waals surface area contributed by atoms with Crippen LogP contribution in [-0.2, 0) is 32.6 Å². The normalized spacial score (nSPS) is 13.0. The Hall–Kier alpha value is -4.97. The summed E-state index contributed by atoms with van der Waals surface area (Å²) >= 11 is 0. The van der Waals surface area contributed by atoms with Gasteiger partial charge in [-0.05, 0) is 55.0 Å². The van der Waals surface area contributed by atoms with Crippen molar-refractivity contribution in [3.8, 4) is 11.5 Å². The summed E-state index contributed by atoms with van der Waals surface area (Å²) in [5.74, 6) is -1.87. The van der Waals surface area contributed by atoms with E-state index in [1.807, 2.05) is 6.07 Å². The summed E-state index contributed by atoms with van der Waals surface area (Å²) in [5.41, 5.74) is 0.888. The van der Waals surface area contributed by atoms with Crippen LogP contribution in [0, 0.1) is 11.6 Å². The number of benzene rings is 4. The number of likely N-dealkylation sites (N-methyl/N-ethyl adjacent to an activating group) is 1. The van der Waals surface area contributed by atoms with Crippen molar-refractivity contribution in [3.63, 3.8) is 0 Å². The number of rotatable bonds is 12. The Morgan fingerprint density at radius 3 is 2.24 bits per heavy atom. The van der Waals surface area contributed by atoms with E-state index in [2.05, 4.69) is 5.32 Å². The summed E-state index contributed by atoms with van der Waals surface area (Å²) in [6.45, 7) is 1.44. The summed E-state index contributed by atoms with van der Waals surface area (Å²) in [7, 11) is -4.47. The molecule has 12 heteroatoms. The molecular weight excluding hydrogens is 616 g/mol. The molecule has 0 unspecified atom stereocenters. The van der Waals surface area contributed by atoms with Gasteiger partial charge in [-0.3, -0.25) is 13.9 Å². The summed E-state index contributed by atoms with van der Waals surface area (Å²) < 4.78 is 69.3. The van der Waals surface area contributed by atoms with E-state index in [0.29, 0.717) is 12.4 Å². The minimum atomic E-state index is -4.47. The van der Waals surface area contributed by atoms with Crippen molar-refractivity contribution in [1.29, 1.82) is 0 Å². The van der Waals surface area contributed by atoms with E-state index in [9.17, 15) is 26.8 Å². The Labute approximate surface area is 266 Å². The SMILES string of the molecule is CCNC(=O)[C@@H](Cc1ccccc1)N(Cc1ccccc1F)C(=O)CN(c1ccc(F)cc1)S(=O)(=O)c1ccc2c(c1)OCCO2. The van der Waals surface area contributed by atoms with Crippen molar-refractivity contribution in [2.45, 2.75) is 30.8 Å². The molecule has 0 aliphatic carbocycles.